The molecule has 1 saturated heterocycles. The van der Waals surface area contributed by atoms with E-state index in [1.165, 1.54) is 321 Å². The second kappa shape index (κ2) is 65.4. The zero-order valence-electron chi connectivity index (χ0n) is 56.4. The maximum atomic E-state index is 13.1. The molecular formula is C76H145NO8. The molecule has 0 spiro atoms. The number of hydrogen-bond donors (Lipinski definition) is 6. The summed E-state index contributed by atoms with van der Waals surface area (Å²) >= 11 is 0. The predicted octanol–water partition coefficient (Wildman–Crippen LogP) is 21.0. The largest absolute Gasteiger partial charge is 0.394 e. The van der Waals surface area contributed by atoms with Crippen molar-refractivity contribution >= 4 is 5.91 Å². The van der Waals surface area contributed by atoms with Crippen LogP contribution in [0.1, 0.15) is 386 Å². The number of aliphatic hydroxyl groups is 5. The Kier molecular flexibility index (Phi) is 62.6. The quantitative estimate of drug-likeness (QED) is 0.0261. The van der Waals surface area contributed by atoms with Crippen LogP contribution in [-0.2, 0) is 14.3 Å². The molecule has 0 saturated carbocycles. The lowest BCUT2D eigenvalue weighted by Gasteiger charge is -2.40. The Hall–Kier alpha value is -1.59. The Morgan fingerprint density at radius 3 is 0.988 bits per heavy atom. The lowest BCUT2D eigenvalue weighted by molar-refractivity contribution is -0.302. The van der Waals surface area contributed by atoms with Gasteiger partial charge in [0.1, 0.15) is 24.4 Å². The Bertz CT molecular complexity index is 1440. The van der Waals surface area contributed by atoms with Crippen molar-refractivity contribution in [2.45, 2.75) is 429 Å². The van der Waals surface area contributed by atoms with Gasteiger partial charge in [-0.25, -0.2) is 0 Å². The van der Waals surface area contributed by atoms with Crippen molar-refractivity contribution in [3.63, 3.8) is 0 Å². The summed E-state index contributed by atoms with van der Waals surface area (Å²) in [5.74, 6) is -0.182. The number of unbranched alkanes of at least 4 members (excludes halogenated alkanes) is 53. The summed E-state index contributed by atoms with van der Waals surface area (Å²) in [4.78, 5) is 13.1. The molecule has 7 unspecified atom stereocenters. The van der Waals surface area contributed by atoms with E-state index >= 15 is 0 Å². The molecule has 502 valence electrons. The van der Waals surface area contributed by atoms with Gasteiger partial charge in [-0.3, -0.25) is 4.79 Å². The average molecular weight is 1200 g/mol. The molecule has 1 aliphatic rings. The summed E-state index contributed by atoms with van der Waals surface area (Å²) in [6.45, 7) is 3.82. The molecule has 7 atom stereocenters. The molecule has 0 aromatic carbocycles. The van der Waals surface area contributed by atoms with Gasteiger partial charge in [0, 0.05) is 6.42 Å². The van der Waals surface area contributed by atoms with Crippen LogP contribution in [0, 0.1) is 0 Å². The molecule has 0 bridgehead atoms. The van der Waals surface area contributed by atoms with Gasteiger partial charge in [-0.15, -0.1) is 0 Å². The van der Waals surface area contributed by atoms with Crippen molar-refractivity contribution in [2.75, 3.05) is 13.2 Å². The maximum absolute atomic E-state index is 13.1. The Balaban J connectivity index is 2.12. The van der Waals surface area contributed by atoms with E-state index in [-0.39, 0.29) is 12.5 Å². The van der Waals surface area contributed by atoms with E-state index in [4.69, 9.17) is 9.47 Å². The Morgan fingerprint density at radius 2 is 0.671 bits per heavy atom. The number of aliphatic hydroxyl groups excluding tert-OH is 5. The SMILES string of the molecule is CCCCCCCCCCCCCCCCCCCCCCC/C=C/CC/C=C/CC/C=C/C(O)C(COC1OC(CO)C(O)C(O)C1O)NC(=O)CCCCCCCCCCCCCCCCCCCCCCCCCCCCCCCCC. The normalized spacial score (nSPS) is 18.2. The van der Waals surface area contributed by atoms with E-state index in [1.54, 1.807) is 6.08 Å². The van der Waals surface area contributed by atoms with E-state index in [2.05, 4.69) is 43.5 Å². The van der Waals surface area contributed by atoms with Crippen molar-refractivity contribution in [2.24, 2.45) is 0 Å². The molecule has 1 amide bonds. The van der Waals surface area contributed by atoms with Gasteiger partial charge in [0.15, 0.2) is 6.29 Å². The highest BCUT2D eigenvalue weighted by molar-refractivity contribution is 5.76. The number of hydrogen-bond acceptors (Lipinski definition) is 8. The maximum Gasteiger partial charge on any atom is 0.220 e. The fourth-order valence-corrected chi connectivity index (χ4v) is 12.3. The molecule has 1 aliphatic heterocycles. The van der Waals surface area contributed by atoms with E-state index < -0.39 is 49.5 Å². The first-order valence-electron chi connectivity index (χ1n) is 37.7. The van der Waals surface area contributed by atoms with Crippen molar-refractivity contribution in [1.29, 1.82) is 0 Å². The molecule has 6 N–H and O–H groups in total. The number of nitrogens with one attached hydrogen (secondary N) is 1. The number of ether oxygens (including phenoxy) is 2. The second-order valence-corrected chi connectivity index (χ2v) is 26.4. The molecule has 0 aromatic rings. The number of amides is 1. The van der Waals surface area contributed by atoms with E-state index in [0.29, 0.717) is 6.42 Å². The summed E-state index contributed by atoms with van der Waals surface area (Å²) in [7, 11) is 0. The average Bonchev–Trinajstić information content (AvgIpc) is 3.68. The molecule has 0 radical (unpaired) electrons. The van der Waals surface area contributed by atoms with Crippen LogP contribution in [0.15, 0.2) is 36.5 Å². The van der Waals surface area contributed by atoms with Gasteiger partial charge in [0.2, 0.25) is 5.91 Å². The summed E-state index contributed by atoms with van der Waals surface area (Å²) in [5.41, 5.74) is 0. The molecule has 9 heteroatoms. The van der Waals surface area contributed by atoms with Gasteiger partial charge < -0.3 is 40.3 Å². The monoisotopic (exact) mass is 1200 g/mol. The third-order valence-corrected chi connectivity index (χ3v) is 18.2. The first kappa shape index (κ1) is 81.4. The summed E-state index contributed by atoms with van der Waals surface area (Å²) < 4.78 is 11.3. The number of allylic oxidation sites excluding steroid dienone is 5. The van der Waals surface area contributed by atoms with Crippen LogP contribution in [0.25, 0.3) is 0 Å². The van der Waals surface area contributed by atoms with Crippen molar-refractivity contribution in [3.05, 3.63) is 36.5 Å². The summed E-state index contributed by atoms with van der Waals surface area (Å²) in [6.07, 6.45) is 81.4. The van der Waals surface area contributed by atoms with Crippen LogP contribution < -0.4 is 5.32 Å². The smallest absolute Gasteiger partial charge is 0.220 e. The van der Waals surface area contributed by atoms with Crippen molar-refractivity contribution in [1.82, 2.24) is 5.32 Å². The van der Waals surface area contributed by atoms with Crippen molar-refractivity contribution in [3.8, 4) is 0 Å². The number of carbonyl (C=O) groups excluding carboxylic acids is 1. The molecule has 1 fully saturated rings. The van der Waals surface area contributed by atoms with Gasteiger partial charge in [-0.1, -0.05) is 371 Å². The zero-order chi connectivity index (χ0) is 61.4. The third-order valence-electron chi connectivity index (χ3n) is 18.2. The first-order valence-corrected chi connectivity index (χ1v) is 37.7. The van der Waals surface area contributed by atoms with Crippen LogP contribution in [0.3, 0.4) is 0 Å². The topological polar surface area (TPSA) is 149 Å². The summed E-state index contributed by atoms with van der Waals surface area (Å²) in [6, 6.07) is -0.828. The lowest BCUT2D eigenvalue weighted by Crippen LogP contribution is -2.60. The molecule has 0 aromatic heterocycles. The molecule has 0 aliphatic carbocycles. The number of rotatable bonds is 67. The Labute approximate surface area is 527 Å². The predicted molar refractivity (Wildman–Crippen MR) is 364 cm³/mol. The lowest BCUT2D eigenvalue weighted by atomic mass is 9.99. The fourth-order valence-electron chi connectivity index (χ4n) is 12.3. The highest BCUT2D eigenvalue weighted by Gasteiger charge is 2.44. The van der Waals surface area contributed by atoms with Gasteiger partial charge >= 0.3 is 0 Å². The Morgan fingerprint density at radius 1 is 0.388 bits per heavy atom. The molecular weight excluding hydrogens is 1050 g/mol. The number of carbonyl (C=O) groups is 1. The minimum atomic E-state index is -1.58. The van der Waals surface area contributed by atoms with Crippen LogP contribution in [0.4, 0.5) is 0 Å². The third kappa shape index (κ3) is 53.9. The van der Waals surface area contributed by atoms with E-state index in [0.717, 1.165) is 44.9 Å². The first-order chi connectivity index (χ1) is 41.8. The molecule has 1 rings (SSSR count). The van der Waals surface area contributed by atoms with E-state index in [9.17, 15) is 30.3 Å². The molecule has 85 heavy (non-hydrogen) atoms. The zero-order valence-corrected chi connectivity index (χ0v) is 56.4. The van der Waals surface area contributed by atoms with Gasteiger partial charge in [0.05, 0.1) is 25.4 Å². The molecule has 9 nitrogen and oxygen atoms in total. The van der Waals surface area contributed by atoms with Crippen LogP contribution in [0.5, 0.6) is 0 Å². The summed E-state index contributed by atoms with van der Waals surface area (Å²) in [5, 5.41) is 54.8. The fraction of sp³-hybridized carbons (Fsp3) is 0.908. The second-order valence-electron chi connectivity index (χ2n) is 26.4. The van der Waals surface area contributed by atoms with E-state index in [1.807, 2.05) is 6.08 Å². The highest BCUT2D eigenvalue weighted by Crippen LogP contribution is 2.24. The van der Waals surface area contributed by atoms with Crippen LogP contribution in [0.2, 0.25) is 0 Å². The van der Waals surface area contributed by atoms with Gasteiger partial charge in [-0.05, 0) is 44.9 Å². The highest BCUT2D eigenvalue weighted by atomic mass is 16.7. The molecule has 1 heterocycles. The van der Waals surface area contributed by atoms with Crippen molar-refractivity contribution < 1.29 is 39.8 Å². The van der Waals surface area contributed by atoms with Crippen LogP contribution >= 0.6 is 0 Å². The van der Waals surface area contributed by atoms with Gasteiger partial charge in [-0.2, -0.15) is 0 Å². The minimum Gasteiger partial charge on any atom is -0.394 e. The van der Waals surface area contributed by atoms with Crippen LogP contribution in [-0.4, -0.2) is 87.5 Å². The minimum absolute atomic E-state index is 0.182. The van der Waals surface area contributed by atoms with Gasteiger partial charge in [0.25, 0.3) is 0 Å². The standard InChI is InChI=1S/C76H145NO8/c1-3-5-7-9-11-13-15-17-19-21-23-25-27-29-31-33-35-37-39-41-43-45-47-49-51-53-55-57-59-61-63-65-70(79)69(68-84-76-75(83)74(82)73(81)71(67-78)85-76)77-72(80)66-64-62-60-58-56-54-52-50-48-46-44-42-40-38-36-34-32-30-28-26-24-22-20-18-16-14-12-10-8-6-4-2/h47,49,55,57,63,65,69-71,73-76,78-79,81-83H,3-46,48,50-54,56,58-62,64,66-68H2,1-2H3,(H,77,80)/b49-47+,57-55+,65-63+.